The number of hydrogen-bond acceptors (Lipinski definition) is 4. The summed E-state index contributed by atoms with van der Waals surface area (Å²) in [5.41, 5.74) is 9.86. The van der Waals surface area contributed by atoms with Gasteiger partial charge < -0.3 is 16.0 Å². The van der Waals surface area contributed by atoms with E-state index < -0.39 is 0 Å². The molecule has 0 atom stereocenters. The number of nitrogens with two attached hydrogens (primary N) is 1. The zero-order chi connectivity index (χ0) is 23.9. The number of carbonyl (C=O) groups is 2. The molecule has 1 aliphatic heterocycles. The molecule has 3 aromatic carbocycles. The fourth-order valence-corrected chi connectivity index (χ4v) is 4.41. The Kier molecular flexibility index (Phi) is 7.36. The quantitative estimate of drug-likeness (QED) is 0.561. The Morgan fingerprint density at radius 2 is 1.59 bits per heavy atom. The summed E-state index contributed by atoms with van der Waals surface area (Å²) in [7, 11) is 0. The third-order valence-electron chi connectivity index (χ3n) is 6.43. The summed E-state index contributed by atoms with van der Waals surface area (Å²) in [6, 6.07) is 24.7. The molecule has 0 saturated carbocycles. The molecule has 2 amide bonds. The van der Waals surface area contributed by atoms with Crippen LogP contribution in [0.5, 0.6) is 0 Å². The van der Waals surface area contributed by atoms with E-state index in [2.05, 4.69) is 16.3 Å². The summed E-state index contributed by atoms with van der Waals surface area (Å²) in [6.45, 7) is 2.73. The van der Waals surface area contributed by atoms with Crippen molar-refractivity contribution in [2.24, 2.45) is 11.7 Å². The minimum atomic E-state index is -0.214. The highest BCUT2D eigenvalue weighted by molar-refractivity contribution is 6.09. The Bertz CT molecular complexity index is 1210. The molecule has 1 saturated heterocycles. The Balaban J connectivity index is 1.38. The van der Waals surface area contributed by atoms with E-state index in [1.807, 2.05) is 60.7 Å². The number of piperidine rings is 1. The molecule has 1 aliphatic rings. The lowest BCUT2D eigenvalue weighted by atomic mass is 9.95. The highest BCUT2D eigenvalue weighted by Gasteiger charge is 2.22. The molecule has 0 unspecified atom stereocenters. The highest BCUT2D eigenvalue weighted by Crippen LogP contribution is 2.27. The van der Waals surface area contributed by atoms with Gasteiger partial charge in [-0.1, -0.05) is 48.5 Å². The molecule has 0 bridgehead atoms. The summed E-state index contributed by atoms with van der Waals surface area (Å²) >= 11 is 0. The molecular formula is C28H28N4O2. The number of nitrogens with zero attached hydrogens (tertiary/aromatic N) is 2. The Morgan fingerprint density at radius 3 is 2.26 bits per heavy atom. The van der Waals surface area contributed by atoms with Crippen LogP contribution in [0.15, 0.2) is 72.8 Å². The van der Waals surface area contributed by atoms with Crippen molar-refractivity contribution in [2.45, 2.75) is 19.3 Å². The SMILES string of the molecule is N#Cc1ccccc1-c1ccccc1C(=O)Nc1ccc(CCN2CCC(C(N)=O)CC2)cc1. The van der Waals surface area contributed by atoms with E-state index in [1.54, 1.807) is 12.1 Å². The third kappa shape index (κ3) is 5.51. The predicted molar refractivity (Wildman–Crippen MR) is 133 cm³/mol. The average molecular weight is 453 g/mol. The van der Waals surface area contributed by atoms with Crippen LogP contribution in [0.25, 0.3) is 11.1 Å². The lowest BCUT2D eigenvalue weighted by molar-refractivity contribution is -0.123. The molecule has 6 heteroatoms. The van der Waals surface area contributed by atoms with E-state index in [9.17, 15) is 14.9 Å². The number of primary amides is 1. The van der Waals surface area contributed by atoms with Gasteiger partial charge in [0.05, 0.1) is 11.6 Å². The van der Waals surface area contributed by atoms with Crippen molar-refractivity contribution in [2.75, 3.05) is 25.0 Å². The molecule has 0 radical (unpaired) electrons. The standard InChI is InChI=1S/C28H28N4O2/c29-19-22-5-1-2-6-24(22)25-7-3-4-8-26(25)28(34)31-23-11-9-20(10-12-23)13-16-32-17-14-21(15-18-32)27(30)33/h1-12,21H,13-18H2,(H2,30,33)(H,31,34). The summed E-state index contributed by atoms with van der Waals surface area (Å²) < 4.78 is 0. The van der Waals surface area contributed by atoms with Crippen LogP contribution in [0.1, 0.15) is 34.3 Å². The van der Waals surface area contributed by atoms with Crippen molar-refractivity contribution in [3.05, 3.63) is 89.5 Å². The molecule has 3 aromatic rings. The summed E-state index contributed by atoms with van der Waals surface area (Å²) in [6.07, 6.45) is 2.57. The van der Waals surface area contributed by atoms with E-state index in [0.29, 0.717) is 11.1 Å². The van der Waals surface area contributed by atoms with Crippen molar-refractivity contribution < 1.29 is 9.59 Å². The molecule has 6 nitrogen and oxygen atoms in total. The number of hydrogen-bond donors (Lipinski definition) is 2. The number of carbonyl (C=O) groups excluding carboxylic acids is 2. The fourth-order valence-electron chi connectivity index (χ4n) is 4.41. The van der Waals surface area contributed by atoms with E-state index in [-0.39, 0.29) is 17.7 Å². The van der Waals surface area contributed by atoms with Crippen LogP contribution in [0.4, 0.5) is 5.69 Å². The molecule has 4 rings (SSSR count). The Hall–Kier alpha value is -3.95. The number of nitrogens with one attached hydrogen (secondary N) is 1. The number of nitriles is 1. The third-order valence-corrected chi connectivity index (χ3v) is 6.43. The first-order valence-corrected chi connectivity index (χ1v) is 11.6. The van der Waals surface area contributed by atoms with Gasteiger partial charge in [-0.05, 0) is 67.7 Å². The number of benzene rings is 3. The number of amides is 2. The van der Waals surface area contributed by atoms with Crippen molar-refractivity contribution in [3.8, 4) is 17.2 Å². The first-order valence-electron chi connectivity index (χ1n) is 11.6. The van der Waals surface area contributed by atoms with Gasteiger partial charge in [0.1, 0.15) is 0 Å². The van der Waals surface area contributed by atoms with E-state index in [4.69, 9.17) is 5.73 Å². The van der Waals surface area contributed by atoms with Gasteiger partial charge in [-0.25, -0.2) is 0 Å². The molecule has 1 fully saturated rings. The van der Waals surface area contributed by atoms with Gasteiger partial charge in [-0.3, -0.25) is 9.59 Å². The molecule has 0 aromatic heterocycles. The van der Waals surface area contributed by atoms with Gasteiger partial charge in [-0.15, -0.1) is 0 Å². The second-order valence-electron chi connectivity index (χ2n) is 8.62. The Morgan fingerprint density at radius 1 is 0.941 bits per heavy atom. The fraction of sp³-hybridized carbons (Fsp3) is 0.250. The van der Waals surface area contributed by atoms with Gasteiger partial charge in [0.15, 0.2) is 0 Å². The first kappa shape index (κ1) is 23.2. The second kappa shape index (κ2) is 10.8. The minimum Gasteiger partial charge on any atom is -0.369 e. The van der Waals surface area contributed by atoms with Crippen LogP contribution in [-0.4, -0.2) is 36.3 Å². The summed E-state index contributed by atoms with van der Waals surface area (Å²) in [5.74, 6) is -0.389. The molecule has 172 valence electrons. The number of anilines is 1. The van der Waals surface area contributed by atoms with Crippen LogP contribution in [0, 0.1) is 17.2 Å². The first-order chi connectivity index (χ1) is 16.5. The lowest BCUT2D eigenvalue weighted by Crippen LogP contribution is -2.39. The zero-order valence-corrected chi connectivity index (χ0v) is 19.0. The van der Waals surface area contributed by atoms with Gasteiger partial charge >= 0.3 is 0 Å². The molecule has 0 aliphatic carbocycles. The maximum absolute atomic E-state index is 13.1. The number of likely N-dealkylation sites (tertiary alicyclic amines) is 1. The van der Waals surface area contributed by atoms with E-state index in [0.717, 1.165) is 55.7 Å². The van der Waals surface area contributed by atoms with Crippen LogP contribution in [-0.2, 0) is 11.2 Å². The maximum atomic E-state index is 13.1. The topological polar surface area (TPSA) is 99.2 Å². The molecule has 3 N–H and O–H groups in total. The van der Waals surface area contributed by atoms with Crippen LogP contribution in [0.3, 0.4) is 0 Å². The van der Waals surface area contributed by atoms with Crippen molar-refractivity contribution in [1.82, 2.24) is 4.90 Å². The zero-order valence-electron chi connectivity index (χ0n) is 19.0. The van der Waals surface area contributed by atoms with E-state index in [1.165, 1.54) is 5.56 Å². The molecular weight excluding hydrogens is 424 g/mol. The summed E-state index contributed by atoms with van der Waals surface area (Å²) in [4.78, 5) is 26.8. The van der Waals surface area contributed by atoms with Gasteiger partial charge in [-0.2, -0.15) is 5.26 Å². The summed E-state index contributed by atoms with van der Waals surface area (Å²) in [5, 5.41) is 12.4. The van der Waals surface area contributed by atoms with Crippen molar-refractivity contribution in [1.29, 1.82) is 5.26 Å². The molecule has 1 heterocycles. The number of rotatable bonds is 7. The lowest BCUT2D eigenvalue weighted by Gasteiger charge is -2.30. The highest BCUT2D eigenvalue weighted by atomic mass is 16.2. The average Bonchev–Trinajstić information content (AvgIpc) is 2.88. The molecule has 0 spiro atoms. The minimum absolute atomic E-state index is 0.0117. The molecule has 34 heavy (non-hydrogen) atoms. The maximum Gasteiger partial charge on any atom is 0.256 e. The van der Waals surface area contributed by atoms with Gasteiger partial charge in [0, 0.05) is 29.3 Å². The van der Waals surface area contributed by atoms with Crippen molar-refractivity contribution >= 4 is 17.5 Å². The predicted octanol–water partition coefficient (Wildman–Crippen LogP) is 4.22. The normalized spacial score (nSPS) is 14.3. The van der Waals surface area contributed by atoms with E-state index >= 15 is 0 Å². The van der Waals surface area contributed by atoms with Crippen LogP contribution >= 0.6 is 0 Å². The second-order valence-corrected chi connectivity index (χ2v) is 8.62. The van der Waals surface area contributed by atoms with Crippen molar-refractivity contribution in [3.63, 3.8) is 0 Å². The Labute approximate surface area is 200 Å². The van der Waals surface area contributed by atoms with Gasteiger partial charge in [0.2, 0.25) is 5.91 Å². The monoisotopic (exact) mass is 452 g/mol. The largest absolute Gasteiger partial charge is 0.369 e. The van der Waals surface area contributed by atoms with Crippen LogP contribution < -0.4 is 11.1 Å². The smallest absolute Gasteiger partial charge is 0.256 e. The van der Waals surface area contributed by atoms with Crippen LogP contribution in [0.2, 0.25) is 0 Å². The van der Waals surface area contributed by atoms with Gasteiger partial charge in [0.25, 0.3) is 5.91 Å².